The van der Waals surface area contributed by atoms with Crippen LogP contribution in [-0.4, -0.2) is 37.1 Å². The number of carbonyl (C=O) groups excluding carboxylic acids is 1. The van der Waals surface area contributed by atoms with E-state index < -0.39 is 10.0 Å². The molecule has 0 aliphatic rings. The number of aliphatic hydroxyl groups excluding tert-OH is 1. The second-order valence-corrected chi connectivity index (χ2v) is 8.39. The molecule has 1 heterocycles. The molecule has 0 saturated carbocycles. The van der Waals surface area contributed by atoms with E-state index in [2.05, 4.69) is 15.0 Å². The molecule has 7 nitrogen and oxygen atoms in total. The maximum Gasteiger partial charge on any atom is 0.263 e. The average molecular weight is 391 g/mol. The van der Waals surface area contributed by atoms with Gasteiger partial charge in [0.15, 0.2) is 5.13 Å². The van der Waals surface area contributed by atoms with Gasteiger partial charge in [-0.05, 0) is 37.3 Å². The number of benzene rings is 2. The van der Waals surface area contributed by atoms with Gasteiger partial charge in [0.05, 0.1) is 21.7 Å². The molecule has 0 fully saturated rings. The Labute approximate surface area is 154 Å². The SMILES string of the molecule is CC(CO)NC(=O)c1ccc2nc(NS(=O)(=O)c3ccccc3)sc2c1. The minimum atomic E-state index is -3.72. The van der Waals surface area contributed by atoms with Gasteiger partial charge in [0.1, 0.15) is 0 Å². The average Bonchev–Trinajstić information content (AvgIpc) is 3.02. The fourth-order valence-electron chi connectivity index (χ4n) is 2.24. The van der Waals surface area contributed by atoms with Crippen molar-refractivity contribution in [2.24, 2.45) is 0 Å². The summed E-state index contributed by atoms with van der Waals surface area (Å²) in [5.74, 6) is -0.312. The summed E-state index contributed by atoms with van der Waals surface area (Å²) >= 11 is 1.14. The number of fused-ring (bicyclic) bond motifs is 1. The highest BCUT2D eigenvalue weighted by Crippen LogP contribution is 2.28. The summed E-state index contributed by atoms with van der Waals surface area (Å²) in [4.78, 5) is 16.5. The van der Waals surface area contributed by atoms with E-state index >= 15 is 0 Å². The van der Waals surface area contributed by atoms with E-state index in [4.69, 9.17) is 5.11 Å². The zero-order valence-corrected chi connectivity index (χ0v) is 15.5. The van der Waals surface area contributed by atoms with Crippen LogP contribution in [0.25, 0.3) is 10.2 Å². The van der Waals surface area contributed by atoms with Crippen LogP contribution >= 0.6 is 11.3 Å². The summed E-state index contributed by atoms with van der Waals surface area (Å²) in [7, 11) is -3.72. The third-order valence-corrected chi connectivity index (χ3v) is 5.99. The first-order valence-electron chi connectivity index (χ1n) is 7.79. The molecule has 1 unspecified atom stereocenters. The molecular formula is C17H17N3O4S2. The highest BCUT2D eigenvalue weighted by Gasteiger charge is 2.17. The number of hydrogen-bond acceptors (Lipinski definition) is 6. The number of aliphatic hydroxyl groups is 1. The van der Waals surface area contributed by atoms with Crippen LogP contribution in [0.2, 0.25) is 0 Å². The van der Waals surface area contributed by atoms with Gasteiger partial charge in [0, 0.05) is 11.6 Å². The second-order valence-electron chi connectivity index (χ2n) is 5.68. The standard InChI is InChI=1S/C17H17N3O4S2/c1-11(10-21)18-16(22)12-7-8-14-15(9-12)25-17(19-14)20-26(23,24)13-5-3-2-4-6-13/h2-9,11,21H,10H2,1H3,(H,18,22)(H,19,20). The first-order chi connectivity index (χ1) is 12.4. The van der Waals surface area contributed by atoms with Gasteiger partial charge < -0.3 is 10.4 Å². The molecule has 0 radical (unpaired) electrons. The van der Waals surface area contributed by atoms with Crippen LogP contribution in [0.5, 0.6) is 0 Å². The van der Waals surface area contributed by atoms with Gasteiger partial charge in [-0.15, -0.1) is 0 Å². The molecule has 1 aromatic heterocycles. The Bertz CT molecular complexity index is 1030. The van der Waals surface area contributed by atoms with Crippen molar-refractivity contribution in [3.05, 3.63) is 54.1 Å². The van der Waals surface area contributed by atoms with Crippen molar-refractivity contribution in [2.75, 3.05) is 11.3 Å². The number of sulfonamides is 1. The second kappa shape index (κ2) is 7.40. The maximum atomic E-state index is 12.4. The first kappa shape index (κ1) is 18.3. The van der Waals surface area contributed by atoms with E-state index in [1.807, 2.05) is 0 Å². The zero-order valence-electron chi connectivity index (χ0n) is 13.8. The van der Waals surface area contributed by atoms with Crippen molar-refractivity contribution in [1.29, 1.82) is 0 Å². The molecule has 9 heteroatoms. The van der Waals surface area contributed by atoms with Gasteiger partial charge >= 0.3 is 0 Å². The van der Waals surface area contributed by atoms with Crippen molar-refractivity contribution in [3.63, 3.8) is 0 Å². The molecule has 0 aliphatic carbocycles. The molecule has 3 rings (SSSR count). The van der Waals surface area contributed by atoms with E-state index in [-0.39, 0.29) is 28.6 Å². The van der Waals surface area contributed by atoms with E-state index in [1.54, 1.807) is 43.3 Å². The summed E-state index contributed by atoms with van der Waals surface area (Å²) < 4.78 is 27.9. The van der Waals surface area contributed by atoms with Gasteiger partial charge in [-0.1, -0.05) is 29.5 Å². The molecule has 2 aromatic carbocycles. The third-order valence-electron chi connectivity index (χ3n) is 3.58. The highest BCUT2D eigenvalue weighted by molar-refractivity contribution is 7.93. The fraction of sp³-hybridized carbons (Fsp3) is 0.176. The molecule has 0 bridgehead atoms. The lowest BCUT2D eigenvalue weighted by molar-refractivity contribution is 0.0922. The Morgan fingerprint density at radius 2 is 1.96 bits per heavy atom. The van der Waals surface area contributed by atoms with Crippen molar-refractivity contribution >= 4 is 42.6 Å². The summed E-state index contributed by atoms with van der Waals surface area (Å²) in [6, 6.07) is 12.6. The Hall–Kier alpha value is -2.49. The number of amides is 1. The smallest absolute Gasteiger partial charge is 0.263 e. The number of nitrogens with zero attached hydrogens (tertiary/aromatic N) is 1. The lowest BCUT2D eigenvalue weighted by Crippen LogP contribution is -2.34. The molecule has 3 aromatic rings. The van der Waals surface area contributed by atoms with Crippen LogP contribution in [0.1, 0.15) is 17.3 Å². The highest BCUT2D eigenvalue weighted by atomic mass is 32.2. The summed E-state index contributed by atoms with van der Waals surface area (Å²) in [6.45, 7) is 1.54. The number of carbonyl (C=O) groups is 1. The van der Waals surface area contributed by atoms with E-state index in [0.29, 0.717) is 15.8 Å². The third kappa shape index (κ3) is 4.01. The normalized spacial score (nSPS) is 12.7. The number of rotatable bonds is 6. The van der Waals surface area contributed by atoms with Crippen LogP contribution in [0.15, 0.2) is 53.4 Å². The topological polar surface area (TPSA) is 108 Å². The van der Waals surface area contributed by atoms with Crippen molar-refractivity contribution in [3.8, 4) is 0 Å². The van der Waals surface area contributed by atoms with Crippen LogP contribution in [0, 0.1) is 0 Å². The zero-order chi connectivity index (χ0) is 18.7. The number of aromatic nitrogens is 1. The lowest BCUT2D eigenvalue weighted by Gasteiger charge is -2.10. The molecule has 26 heavy (non-hydrogen) atoms. The molecule has 136 valence electrons. The molecule has 0 spiro atoms. The molecule has 1 atom stereocenters. The van der Waals surface area contributed by atoms with Gasteiger partial charge in [0.2, 0.25) is 0 Å². The van der Waals surface area contributed by atoms with E-state index in [1.165, 1.54) is 12.1 Å². The summed E-state index contributed by atoms with van der Waals surface area (Å²) in [5, 5.41) is 11.9. The van der Waals surface area contributed by atoms with E-state index in [9.17, 15) is 13.2 Å². The Balaban J connectivity index is 1.85. The van der Waals surface area contributed by atoms with Crippen LogP contribution in [0.4, 0.5) is 5.13 Å². The van der Waals surface area contributed by atoms with Crippen molar-refractivity contribution < 1.29 is 18.3 Å². The quantitative estimate of drug-likeness (QED) is 0.597. The predicted molar refractivity (Wildman–Crippen MR) is 101 cm³/mol. The molecule has 0 saturated heterocycles. The Morgan fingerprint density at radius 1 is 1.23 bits per heavy atom. The minimum Gasteiger partial charge on any atom is -0.394 e. The number of anilines is 1. The van der Waals surface area contributed by atoms with Gasteiger partial charge in [-0.25, -0.2) is 13.4 Å². The Kier molecular flexibility index (Phi) is 5.21. The fourth-order valence-corrected chi connectivity index (χ4v) is 4.40. The van der Waals surface area contributed by atoms with Gasteiger partial charge in [-0.3, -0.25) is 9.52 Å². The Morgan fingerprint density at radius 3 is 2.65 bits per heavy atom. The van der Waals surface area contributed by atoms with E-state index in [0.717, 1.165) is 11.3 Å². The maximum absolute atomic E-state index is 12.4. The number of nitrogens with one attached hydrogen (secondary N) is 2. The van der Waals surface area contributed by atoms with Crippen LogP contribution < -0.4 is 10.0 Å². The monoisotopic (exact) mass is 391 g/mol. The van der Waals surface area contributed by atoms with Gasteiger partial charge in [-0.2, -0.15) is 0 Å². The van der Waals surface area contributed by atoms with Crippen LogP contribution in [-0.2, 0) is 10.0 Å². The lowest BCUT2D eigenvalue weighted by atomic mass is 10.2. The molecular weight excluding hydrogens is 374 g/mol. The van der Waals surface area contributed by atoms with Gasteiger partial charge in [0.25, 0.3) is 15.9 Å². The predicted octanol–water partition coefficient (Wildman–Crippen LogP) is 2.21. The summed E-state index contributed by atoms with van der Waals surface area (Å²) in [6.07, 6.45) is 0. The number of thiazole rings is 1. The van der Waals surface area contributed by atoms with Crippen LogP contribution in [0.3, 0.4) is 0 Å². The molecule has 3 N–H and O–H groups in total. The minimum absolute atomic E-state index is 0.150. The van der Waals surface area contributed by atoms with Crippen molar-refractivity contribution in [1.82, 2.24) is 10.3 Å². The van der Waals surface area contributed by atoms with Crippen molar-refractivity contribution in [2.45, 2.75) is 17.9 Å². The largest absolute Gasteiger partial charge is 0.394 e. The first-order valence-corrected chi connectivity index (χ1v) is 10.1. The number of hydrogen-bond donors (Lipinski definition) is 3. The molecule has 1 amide bonds. The molecule has 0 aliphatic heterocycles. The summed E-state index contributed by atoms with van der Waals surface area (Å²) in [5.41, 5.74) is 1.01.